The first kappa shape index (κ1) is 11.9. The van der Waals surface area contributed by atoms with E-state index in [2.05, 4.69) is 4.98 Å². The molecule has 0 amide bonds. The van der Waals surface area contributed by atoms with Crippen LogP contribution in [0.3, 0.4) is 0 Å². The van der Waals surface area contributed by atoms with Crippen molar-refractivity contribution in [1.29, 1.82) is 0 Å². The van der Waals surface area contributed by atoms with Crippen LogP contribution in [0, 0.1) is 0 Å². The zero-order valence-electron chi connectivity index (χ0n) is 9.58. The van der Waals surface area contributed by atoms with Crippen LogP contribution in [-0.4, -0.2) is 24.3 Å². The molecule has 0 saturated heterocycles. The van der Waals surface area contributed by atoms with Crippen molar-refractivity contribution in [2.75, 3.05) is 14.2 Å². The van der Waals surface area contributed by atoms with Crippen LogP contribution in [0.1, 0.15) is 16.5 Å². The number of rotatable bonds is 4. The summed E-state index contributed by atoms with van der Waals surface area (Å²) in [6.07, 6.45) is 0.952. The Morgan fingerprint density at radius 2 is 1.82 bits per heavy atom. The second-order valence-electron chi connectivity index (χ2n) is 3.45. The van der Waals surface area contributed by atoms with Gasteiger partial charge in [0.05, 0.1) is 24.6 Å². The summed E-state index contributed by atoms with van der Waals surface area (Å²) >= 11 is 1.41. The van der Waals surface area contributed by atoms with Gasteiger partial charge in [-0.05, 0) is 17.7 Å². The minimum absolute atomic E-state index is 0.655. The van der Waals surface area contributed by atoms with E-state index in [1.54, 1.807) is 44.1 Å². The first-order valence-electron chi connectivity index (χ1n) is 5.04. The van der Waals surface area contributed by atoms with Crippen LogP contribution < -0.4 is 9.47 Å². The number of hydrogen-bond acceptors (Lipinski definition) is 5. The lowest BCUT2D eigenvalue weighted by Crippen LogP contribution is -1.99. The Bertz CT molecular complexity index is 462. The van der Waals surface area contributed by atoms with Crippen molar-refractivity contribution >= 4 is 11.3 Å². The summed E-state index contributed by atoms with van der Waals surface area (Å²) in [7, 11) is 3.16. The molecule has 0 aliphatic heterocycles. The average molecular weight is 251 g/mol. The molecule has 0 spiro atoms. The molecule has 2 rings (SSSR count). The van der Waals surface area contributed by atoms with Crippen molar-refractivity contribution in [2.24, 2.45) is 0 Å². The van der Waals surface area contributed by atoms with Gasteiger partial charge in [0.1, 0.15) is 17.6 Å². The predicted octanol–water partition coefficient (Wildman–Crippen LogP) is 2.24. The van der Waals surface area contributed by atoms with E-state index >= 15 is 0 Å². The normalized spacial score (nSPS) is 12.2. The van der Waals surface area contributed by atoms with Crippen LogP contribution in [0.2, 0.25) is 0 Å². The van der Waals surface area contributed by atoms with Crippen molar-refractivity contribution in [2.45, 2.75) is 6.10 Å². The molecule has 4 nitrogen and oxygen atoms in total. The van der Waals surface area contributed by atoms with Crippen LogP contribution in [0.5, 0.6) is 11.5 Å². The summed E-state index contributed by atoms with van der Waals surface area (Å²) in [5.74, 6) is 1.31. The molecule has 90 valence electrons. The van der Waals surface area contributed by atoms with Gasteiger partial charge in [-0.1, -0.05) is 0 Å². The zero-order valence-corrected chi connectivity index (χ0v) is 10.4. The summed E-state index contributed by atoms with van der Waals surface area (Å²) in [5, 5.41) is 10.2. The molecule has 0 aliphatic carbocycles. The van der Waals surface area contributed by atoms with E-state index in [1.807, 2.05) is 0 Å². The van der Waals surface area contributed by atoms with Gasteiger partial charge in [0, 0.05) is 12.3 Å². The SMILES string of the molecule is COc1cc(OC)cc(C(O)c2cncs2)c1. The number of hydrogen-bond donors (Lipinski definition) is 1. The lowest BCUT2D eigenvalue weighted by Gasteiger charge is -2.12. The highest BCUT2D eigenvalue weighted by atomic mass is 32.1. The maximum atomic E-state index is 10.2. The molecule has 1 heterocycles. The van der Waals surface area contributed by atoms with E-state index in [0.29, 0.717) is 11.5 Å². The van der Waals surface area contributed by atoms with Gasteiger partial charge in [-0.25, -0.2) is 0 Å². The third-order valence-corrected chi connectivity index (χ3v) is 3.24. The van der Waals surface area contributed by atoms with Gasteiger partial charge in [-0.2, -0.15) is 0 Å². The lowest BCUT2D eigenvalue weighted by atomic mass is 10.1. The predicted molar refractivity (Wildman–Crippen MR) is 65.7 cm³/mol. The second-order valence-corrected chi connectivity index (χ2v) is 4.37. The highest BCUT2D eigenvalue weighted by molar-refractivity contribution is 7.09. The van der Waals surface area contributed by atoms with Crippen molar-refractivity contribution < 1.29 is 14.6 Å². The van der Waals surface area contributed by atoms with E-state index in [4.69, 9.17) is 9.47 Å². The van der Waals surface area contributed by atoms with Crippen molar-refractivity contribution in [3.63, 3.8) is 0 Å². The van der Waals surface area contributed by atoms with Crippen molar-refractivity contribution in [3.8, 4) is 11.5 Å². The van der Waals surface area contributed by atoms with Crippen LogP contribution >= 0.6 is 11.3 Å². The fourth-order valence-electron chi connectivity index (χ4n) is 1.51. The topological polar surface area (TPSA) is 51.6 Å². The van der Waals surface area contributed by atoms with Gasteiger partial charge in [-0.3, -0.25) is 4.98 Å². The Kier molecular flexibility index (Phi) is 3.61. The Labute approximate surface area is 103 Å². The molecule has 0 radical (unpaired) electrons. The highest BCUT2D eigenvalue weighted by Gasteiger charge is 2.14. The van der Waals surface area contributed by atoms with Gasteiger partial charge in [-0.15, -0.1) is 11.3 Å². The van der Waals surface area contributed by atoms with Crippen molar-refractivity contribution in [3.05, 3.63) is 40.3 Å². The second kappa shape index (κ2) is 5.16. The van der Waals surface area contributed by atoms with Gasteiger partial charge >= 0.3 is 0 Å². The number of thiazole rings is 1. The average Bonchev–Trinajstić information content (AvgIpc) is 2.91. The van der Waals surface area contributed by atoms with Crippen molar-refractivity contribution in [1.82, 2.24) is 4.98 Å². The fourth-order valence-corrected chi connectivity index (χ4v) is 2.14. The van der Waals surface area contributed by atoms with E-state index in [1.165, 1.54) is 11.3 Å². The number of ether oxygens (including phenoxy) is 2. The summed E-state index contributed by atoms with van der Waals surface area (Å²) in [6, 6.07) is 5.34. The minimum atomic E-state index is -0.702. The molecule has 2 aromatic rings. The summed E-state index contributed by atoms with van der Waals surface area (Å²) in [4.78, 5) is 4.74. The van der Waals surface area contributed by atoms with E-state index in [-0.39, 0.29) is 0 Å². The maximum absolute atomic E-state index is 10.2. The van der Waals surface area contributed by atoms with E-state index in [9.17, 15) is 5.11 Å². The summed E-state index contributed by atoms with van der Waals surface area (Å²) in [5.41, 5.74) is 2.42. The molecule has 5 heteroatoms. The molecule has 0 saturated carbocycles. The lowest BCUT2D eigenvalue weighted by molar-refractivity contribution is 0.222. The molecule has 1 aromatic heterocycles. The third-order valence-electron chi connectivity index (χ3n) is 2.41. The maximum Gasteiger partial charge on any atom is 0.122 e. The Balaban J connectivity index is 2.37. The summed E-state index contributed by atoms with van der Waals surface area (Å²) in [6.45, 7) is 0. The van der Waals surface area contributed by atoms with Crippen LogP contribution in [0.25, 0.3) is 0 Å². The smallest absolute Gasteiger partial charge is 0.122 e. The molecule has 1 unspecified atom stereocenters. The Morgan fingerprint density at radius 1 is 1.18 bits per heavy atom. The monoisotopic (exact) mass is 251 g/mol. The van der Waals surface area contributed by atoms with E-state index in [0.717, 1.165) is 10.4 Å². The molecule has 17 heavy (non-hydrogen) atoms. The van der Waals surface area contributed by atoms with Gasteiger partial charge < -0.3 is 14.6 Å². The molecule has 1 atom stereocenters. The first-order chi connectivity index (χ1) is 8.24. The Hall–Kier alpha value is -1.59. The number of methoxy groups -OCH3 is 2. The number of aliphatic hydroxyl groups excluding tert-OH is 1. The number of aromatic nitrogens is 1. The van der Waals surface area contributed by atoms with Gasteiger partial charge in [0.15, 0.2) is 0 Å². The first-order valence-corrected chi connectivity index (χ1v) is 5.92. The molecule has 0 aliphatic rings. The molecule has 0 bridgehead atoms. The van der Waals surface area contributed by atoms with Gasteiger partial charge in [0.2, 0.25) is 0 Å². The summed E-state index contributed by atoms with van der Waals surface area (Å²) < 4.78 is 10.3. The number of nitrogens with zero attached hydrogens (tertiary/aromatic N) is 1. The molecular formula is C12H13NO3S. The molecule has 1 N–H and O–H groups in total. The Morgan fingerprint density at radius 3 is 2.29 bits per heavy atom. The van der Waals surface area contributed by atoms with Crippen LogP contribution in [-0.2, 0) is 0 Å². The van der Waals surface area contributed by atoms with E-state index < -0.39 is 6.10 Å². The van der Waals surface area contributed by atoms with Gasteiger partial charge in [0.25, 0.3) is 0 Å². The third kappa shape index (κ3) is 2.57. The van der Waals surface area contributed by atoms with Crippen LogP contribution in [0.15, 0.2) is 29.9 Å². The molecular weight excluding hydrogens is 238 g/mol. The fraction of sp³-hybridized carbons (Fsp3) is 0.250. The largest absolute Gasteiger partial charge is 0.497 e. The number of benzene rings is 1. The minimum Gasteiger partial charge on any atom is -0.497 e. The molecule has 1 aromatic carbocycles. The quantitative estimate of drug-likeness (QED) is 0.905. The molecule has 0 fully saturated rings. The highest BCUT2D eigenvalue weighted by Crippen LogP contribution is 2.31. The van der Waals surface area contributed by atoms with Crippen LogP contribution in [0.4, 0.5) is 0 Å². The zero-order chi connectivity index (χ0) is 12.3. The standard InChI is InChI=1S/C12H13NO3S/c1-15-9-3-8(4-10(5-9)16-2)12(14)11-6-13-7-17-11/h3-7,12,14H,1-2H3. The number of aliphatic hydroxyl groups is 1.